The molecule has 0 aliphatic rings. The maximum absolute atomic E-state index is 9.48. The predicted octanol–water partition coefficient (Wildman–Crippen LogP) is 0.873. The molecule has 3 radical (unpaired) electrons. The van der Waals surface area contributed by atoms with E-state index < -0.39 is 11.1 Å². The minimum Gasteiger partial charge on any atom is -0.306 e. The summed E-state index contributed by atoms with van der Waals surface area (Å²) >= 11 is -1.57. The summed E-state index contributed by atoms with van der Waals surface area (Å²) in [6.45, 7) is 5.65. The van der Waals surface area contributed by atoms with Gasteiger partial charge in [-0.25, -0.2) is 4.21 Å². The first-order valence-electron chi connectivity index (χ1n) is 2.35. The zero-order valence-electron chi connectivity index (χ0n) is 5.55. The highest BCUT2D eigenvalue weighted by Crippen LogP contribution is 1.63. The fraction of sp³-hybridized carbons (Fsp3) is 1.00. The largest absolute Gasteiger partial charge is 0.306 e. The van der Waals surface area contributed by atoms with E-state index in [4.69, 9.17) is 4.55 Å². The fourth-order valence-corrected chi connectivity index (χ4v) is 0. The summed E-state index contributed by atoms with van der Waals surface area (Å²) in [6.07, 6.45) is 0. The monoisotopic (exact) mass is 135 g/mol. The summed E-state index contributed by atoms with van der Waals surface area (Å²) in [6, 6.07) is 0. The summed E-state index contributed by atoms with van der Waals surface area (Å²) in [5.41, 5.74) is 0. The molecule has 0 amide bonds. The van der Waals surface area contributed by atoms with Crippen LogP contribution in [0.15, 0.2) is 0 Å². The number of hydrogen-bond donors (Lipinski definition) is 1. The van der Waals surface area contributed by atoms with Crippen molar-refractivity contribution in [3.8, 4) is 0 Å². The van der Waals surface area contributed by atoms with Gasteiger partial charge in [-0.1, -0.05) is 20.8 Å². The van der Waals surface area contributed by atoms with Crippen LogP contribution in [0.3, 0.4) is 0 Å². The second kappa shape index (κ2) is 15.7. The quantitative estimate of drug-likeness (QED) is 0.428. The minimum absolute atomic E-state index is 0. The summed E-state index contributed by atoms with van der Waals surface area (Å²) in [5.74, 6) is 0.333. The Morgan fingerprint density at radius 3 is 1.62 bits per heavy atom. The van der Waals surface area contributed by atoms with Crippen molar-refractivity contribution in [3.63, 3.8) is 0 Å². The smallest absolute Gasteiger partial charge is 0.152 e. The second-order valence-corrected chi connectivity index (χ2v) is 1.83. The van der Waals surface area contributed by atoms with Crippen LogP contribution >= 0.6 is 0 Å². The first-order chi connectivity index (χ1) is 3.27. The van der Waals surface area contributed by atoms with Crippen molar-refractivity contribution >= 4 is 19.5 Å². The molecule has 0 bridgehead atoms. The van der Waals surface area contributed by atoms with Crippen LogP contribution in [0.25, 0.3) is 0 Å². The zero-order valence-corrected chi connectivity index (χ0v) is 6.36. The van der Waals surface area contributed by atoms with Gasteiger partial charge in [-0.05, 0) is 0 Å². The first kappa shape index (κ1) is 15.7. The molecule has 0 rings (SSSR count). The van der Waals surface area contributed by atoms with Crippen LogP contribution in [0, 0.1) is 0 Å². The van der Waals surface area contributed by atoms with Gasteiger partial charge in [0.15, 0.2) is 11.1 Å². The van der Waals surface area contributed by atoms with Gasteiger partial charge >= 0.3 is 0 Å². The highest BCUT2D eigenvalue weighted by molar-refractivity contribution is 7.79. The molecule has 1 unspecified atom stereocenters. The highest BCUT2D eigenvalue weighted by Gasteiger charge is 1.76. The van der Waals surface area contributed by atoms with E-state index in [1.165, 1.54) is 0 Å². The van der Waals surface area contributed by atoms with Crippen LogP contribution in [0.2, 0.25) is 0 Å². The molecule has 49 valence electrons. The number of rotatable bonds is 1. The molecule has 0 fully saturated rings. The van der Waals surface area contributed by atoms with Gasteiger partial charge in [0, 0.05) is 14.2 Å². The lowest BCUT2D eigenvalue weighted by Crippen LogP contribution is -1.85. The maximum atomic E-state index is 9.48. The highest BCUT2D eigenvalue weighted by atomic mass is 32.2. The van der Waals surface area contributed by atoms with E-state index in [1.807, 2.05) is 13.8 Å². The molecule has 0 heterocycles. The van der Waals surface area contributed by atoms with Crippen molar-refractivity contribution in [1.82, 2.24) is 0 Å². The average Bonchev–Trinajstić information content (AvgIpc) is 1.73. The van der Waals surface area contributed by atoms with Crippen LogP contribution in [0.4, 0.5) is 0 Å². The molecular formula is C4H12BO2S. The van der Waals surface area contributed by atoms with Gasteiger partial charge < -0.3 is 4.55 Å². The molecule has 4 heteroatoms. The van der Waals surface area contributed by atoms with Crippen molar-refractivity contribution in [2.24, 2.45) is 0 Å². The Labute approximate surface area is 55.5 Å². The van der Waals surface area contributed by atoms with Crippen molar-refractivity contribution in [2.75, 3.05) is 5.75 Å². The van der Waals surface area contributed by atoms with Gasteiger partial charge in [-0.3, -0.25) is 0 Å². The van der Waals surface area contributed by atoms with Gasteiger partial charge in [0.1, 0.15) is 0 Å². The standard InChI is InChI=1S/C2H6O2S.C2H6.B/c1-2-5(3)4;1-2;/h2H2,1H3,(H,3,4);1-2H3;. The summed E-state index contributed by atoms with van der Waals surface area (Å²) in [4.78, 5) is 0. The predicted molar refractivity (Wildman–Crippen MR) is 38.4 cm³/mol. The van der Waals surface area contributed by atoms with Crippen LogP contribution in [0.5, 0.6) is 0 Å². The van der Waals surface area contributed by atoms with Gasteiger partial charge in [0.25, 0.3) is 0 Å². The molecule has 0 aromatic heterocycles. The topological polar surface area (TPSA) is 37.3 Å². The molecule has 0 spiro atoms. The lowest BCUT2D eigenvalue weighted by Gasteiger charge is -1.73. The lowest BCUT2D eigenvalue weighted by atomic mass is 10.8. The van der Waals surface area contributed by atoms with E-state index in [9.17, 15) is 4.21 Å². The van der Waals surface area contributed by atoms with Gasteiger partial charge in [-0.15, -0.1) is 0 Å². The summed E-state index contributed by atoms with van der Waals surface area (Å²) in [7, 11) is 0. The van der Waals surface area contributed by atoms with E-state index in [2.05, 4.69) is 0 Å². The summed E-state index contributed by atoms with van der Waals surface area (Å²) in [5, 5.41) is 0. The Morgan fingerprint density at radius 2 is 1.62 bits per heavy atom. The van der Waals surface area contributed by atoms with E-state index in [-0.39, 0.29) is 8.41 Å². The minimum atomic E-state index is -1.57. The Balaban J connectivity index is -0.0000000750. The molecule has 1 atom stereocenters. The molecule has 1 N–H and O–H groups in total. The average molecular weight is 135 g/mol. The zero-order chi connectivity index (χ0) is 6.28. The van der Waals surface area contributed by atoms with Crippen LogP contribution in [-0.2, 0) is 11.1 Å². The van der Waals surface area contributed by atoms with E-state index in [0.29, 0.717) is 5.75 Å². The first-order valence-corrected chi connectivity index (χ1v) is 3.62. The van der Waals surface area contributed by atoms with Crippen LogP contribution in [-0.4, -0.2) is 22.9 Å². The van der Waals surface area contributed by atoms with E-state index in [0.717, 1.165) is 0 Å². The van der Waals surface area contributed by atoms with Crippen LogP contribution in [0.1, 0.15) is 20.8 Å². The third-order valence-electron chi connectivity index (χ3n) is 0.247. The fourth-order valence-electron chi connectivity index (χ4n) is 0. The molecule has 0 aliphatic carbocycles. The SMILES string of the molecule is CC.CCS(=O)O.[B]. The third kappa shape index (κ3) is 35.0. The molecule has 0 saturated heterocycles. The Bertz CT molecular complexity index is 49.3. The molecule has 0 saturated carbocycles. The van der Waals surface area contributed by atoms with Crippen molar-refractivity contribution in [2.45, 2.75) is 20.8 Å². The maximum Gasteiger partial charge on any atom is 0.152 e. The Hall–Kier alpha value is 0.175. The Kier molecular flexibility index (Phi) is 30.8. The molecule has 0 aromatic carbocycles. The molecular weight excluding hydrogens is 123 g/mol. The molecule has 0 aliphatic heterocycles. The Morgan fingerprint density at radius 1 is 1.50 bits per heavy atom. The van der Waals surface area contributed by atoms with Gasteiger partial charge in [-0.2, -0.15) is 0 Å². The van der Waals surface area contributed by atoms with Crippen molar-refractivity contribution < 1.29 is 8.76 Å². The molecule has 0 aromatic rings. The third-order valence-corrected chi connectivity index (χ3v) is 0.741. The molecule has 8 heavy (non-hydrogen) atoms. The number of hydrogen-bond acceptors (Lipinski definition) is 1. The van der Waals surface area contributed by atoms with Crippen molar-refractivity contribution in [1.29, 1.82) is 0 Å². The lowest BCUT2D eigenvalue weighted by molar-refractivity contribution is 0.566. The summed E-state index contributed by atoms with van der Waals surface area (Å²) < 4.78 is 17.3. The van der Waals surface area contributed by atoms with E-state index >= 15 is 0 Å². The van der Waals surface area contributed by atoms with Crippen molar-refractivity contribution in [3.05, 3.63) is 0 Å². The van der Waals surface area contributed by atoms with Gasteiger partial charge in [0.05, 0.1) is 0 Å². The van der Waals surface area contributed by atoms with Crippen LogP contribution < -0.4 is 0 Å². The molecule has 2 nitrogen and oxygen atoms in total. The van der Waals surface area contributed by atoms with Gasteiger partial charge in [0.2, 0.25) is 0 Å². The van der Waals surface area contributed by atoms with E-state index in [1.54, 1.807) is 6.92 Å². The second-order valence-electron chi connectivity index (χ2n) is 0.610. The normalized spacial score (nSPS) is 10.0.